The van der Waals surface area contributed by atoms with Crippen molar-refractivity contribution in [1.29, 1.82) is 0 Å². The first-order chi connectivity index (χ1) is 10.6. The molecule has 0 spiro atoms. The van der Waals surface area contributed by atoms with Gasteiger partial charge in [-0.25, -0.2) is 4.98 Å². The number of aliphatic hydroxyl groups is 1. The van der Waals surface area contributed by atoms with Crippen LogP contribution in [0.3, 0.4) is 0 Å². The summed E-state index contributed by atoms with van der Waals surface area (Å²) in [4.78, 5) is 4.42. The van der Waals surface area contributed by atoms with Crippen molar-refractivity contribution in [2.75, 3.05) is 19.8 Å². The Labute approximate surface area is 130 Å². The fourth-order valence-electron chi connectivity index (χ4n) is 2.83. The van der Waals surface area contributed by atoms with Crippen LogP contribution in [0.15, 0.2) is 18.5 Å². The monoisotopic (exact) mass is 304 g/mol. The number of benzene rings is 1. The maximum absolute atomic E-state index is 10.2. The molecule has 1 saturated heterocycles. The number of aliphatic hydroxyl groups excluding tert-OH is 1. The lowest BCUT2D eigenvalue weighted by Gasteiger charge is -2.23. The van der Waals surface area contributed by atoms with E-state index in [2.05, 4.69) is 31.0 Å². The molecule has 0 amide bonds. The van der Waals surface area contributed by atoms with Gasteiger partial charge in [0.2, 0.25) is 0 Å². The predicted octanol–water partition coefficient (Wildman–Crippen LogP) is 2.21. The molecule has 1 atom stereocenters. The van der Waals surface area contributed by atoms with Crippen LogP contribution in [0.5, 0.6) is 0 Å². The van der Waals surface area contributed by atoms with Crippen LogP contribution in [0.25, 0.3) is 11.0 Å². The summed E-state index contributed by atoms with van der Waals surface area (Å²) in [6.45, 7) is 6.55. The van der Waals surface area contributed by atoms with E-state index in [9.17, 15) is 5.11 Å². The average Bonchev–Trinajstić information content (AvgIpc) is 2.89. The summed E-state index contributed by atoms with van der Waals surface area (Å²) in [5, 5.41) is 10.2. The van der Waals surface area contributed by atoms with Gasteiger partial charge in [-0.1, -0.05) is 0 Å². The number of hydrogen-bond donors (Lipinski definition) is 1. The zero-order valence-electron chi connectivity index (χ0n) is 13.3. The van der Waals surface area contributed by atoms with Gasteiger partial charge in [0.05, 0.1) is 42.7 Å². The van der Waals surface area contributed by atoms with E-state index in [0.29, 0.717) is 13.2 Å². The lowest BCUT2D eigenvalue weighted by Crippen LogP contribution is -2.29. The Morgan fingerprint density at radius 3 is 2.82 bits per heavy atom. The molecule has 1 aliphatic rings. The van der Waals surface area contributed by atoms with Crippen LogP contribution >= 0.6 is 0 Å². The van der Waals surface area contributed by atoms with E-state index in [1.165, 1.54) is 11.1 Å². The lowest BCUT2D eigenvalue weighted by molar-refractivity contribution is -0.0615. The van der Waals surface area contributed by atoms with Crippen molar-refractivity contribution in [2.45, 2.75) is 45.4 Å². The number of nitrogens with zero attached hydrogens (tertiary/aromatic N) is 2. The SMILES string of the molecule is Cc1cc2ncn(CC(O)COC3CCOCC3)c2cc1C. The summed E-state index contributed by atoms with van der Waals surface area (Å²) in [7, 11) is 0. The molecule has 0 radical (unpaired) electrons. The van der Waals surface area contributed by atoms with E-state index in [4.69, 9.17) is 9.47 Å². The predicted molar refractivity (Wildman–Crippen MR) is 85.0 cm³/mol. The van der Waals surface area contributed by atoms with Crippen LogP contribution in [-0.2, 0) is 16.0 Å². The highest BCUT2D eigenvalue weighted by molar-refractivity contribution is 5.77. The Morgan fingerprint density at radius 1 is 1.32 bits per heavy atom. The second kappa shape index (κ2) is 6.77. The fourth-order valence-corrected chi connectivity index (χ4v) is 2.83. The molecule has 1 fully saturated rings. The van der Waals surface area contributed by atoms with Gasteiger partial charge in [0.1, 0.15) is 0 Å². The summed E-state index contributed by atoms with van der Waals surface area (Å²) < 4.78 is 13.1. The van der Waals surface area contributed by atoms with E-state index in [0.717, 1.165) is 37.1 Å². The first kappa shape index (κ1) is 15.5. The highest BCUT2D eigenvalue weighted by Crippen LogP contribution is 2.19. The molecule has 5 heteroatoms. The number of imidazole rings is 1. The normalized spacial score (nSPS) is 18.0. The number of fused-ring (bicyclic) bond motifs is 1. The second-order valence-electron chi connectivity index (χ2n) is 6.12. The molecule has 2 heterocycles. The Hall–Kier alpha value is -1.43. The minimum atomic E-state index is -0.526. The summed E-state index contributed by atoms with van der Waals surface area (Å²) in [6, 6.07) is 4.22. The number of aromatic nitrogens is 2. The van der Waals surface area contributed by atoms with Gasteiger partial charge < -0.3 is 19.1 Å². The molecule has 1 aromatic heterocycles. The lowest BCUT2D eigenvalue weighted by atomic mass is 10.1. The van der Waals surface area contributed by atoms with Crippen LogP contribution < -0.4 is 0 Å². The van der Waals surface area contributed by atoms with Crippen molar-refractivity contribution in [1.82, 2.24) is 9.55 Å². The van der Waals surface area contributed by atoms with Crippen molar-refractivity contribution in [3.8, 4) is 0 Å². The third-order valence-electron chi connectivity index (χ3n) is 4.34. The van der Waals surface area contributed by atoms with Gasteiger partial charge in [0.15, 0.2) is 0 Å². The van der Waals surface area contributed by atoms with Gasteiger partial charge in [0.25, 0.3) is 0 Å². The van der Waals surface area contributed by atoms with Gasteiger partial charge in [-0.3, -0.25) is 0 Å². The molecule has 120 valence electrons. The topological polar surface area (TPSA) is 56.5 Å². The smallest absolute Gasteiger partial charge is 0.0959 e. The molecule has 2 aromatic rings. The van der Waals surface area contributed by atoms with Gasteiger partial charge in [-0.05, 0) is 49.9 Å². The summed E-state index contributed by atoms with van der Waals surface area (Å²) in [5.74, 6) is 0. The quantitative estimate of drug-likeness (QED) is 0.920. The van der Waals surface area contributed by atoms with Crippen molar-refractivity contribution in [3.05, 3.63) is 29.6 Å². The molecule has 1 N–H and O–H groups in total. The Kier molecular flexibility index (Phi) is 4.76. The molecule has 0 saturated carbocycles. The van der Waals surface area contributed by atoms with Gasteiger partial charge in [-0.2, -0.15) is 0 Å². The van der Waals surface area contributed by atoms with Crippen molar-refractivity contribution >= 4 is 11.0 Å². The molecule has 0 bridgehead atoms. The van der Waals surface area contributed by atoms with E-state index in [1.807, 2.05) is 4.57 Å². The maximum Gasteiger partial charge on any atom is 0.0959 e. The number of hydrogen-bond acceptors (Lipinski definition) is 4. The molecule has 1 aliphatic heterocycles. The first-order valence-corrected chi connectivity index (χ1v) is 7.93. The standard InChI is InChI=1S/C17H24N2O3/c1-12-7-16-17(8-13(12)2)19(11-18-16)9-14(20)10-22-15-3-5-21-6-4-15/h7-8,11,14-15,20H,3-6,9-10H2,1-2H3. The van der Waals surface area contributed by atoms with E-state index < -0.39 is 6.10 Å². The minimum Gasteiger partial charge on any atom is -0.389 e. The molecular weight excluding hydrogens is 280 g/mol. The molecule has 1 aromatic carbocycles. The zero-order valence-corrected chi connectivity index (χ0v) is 13.3. The van der Waals surface area contributed by atoms with Crippen LogP contribution in [0.2, 0.25) is 0 Å². The highest BCUT2D eigenvalue weighted by atomic mass is 16.5. The average molecular weight is 304 g/mol. The summed E-state index contributed by atoms with van der Waals surface area (Å²) in [6.07, 6.45) is 3.31. The molecule has 0 aliphatic carbocycles. The fraction of sp³-hybridized carbons (Fsp3) is 0.588. The zero-order chi connectivity index (χ0) is 15.5. The minimum absolute atomic E-state index is 0.216. The second-order valence-corrected chi connectivity index (χ2v) is 6.12. The van der Waals surface area contributed by atoms with Crippen LogP contribution in [0.4, 0.5) is 0 Å². The van der Waals surface area contributed by atoms with E-state index in [-0.39, 0.29) is 6.10 Å². The first-order valence-electron chi connectivity index (χ1n) is 7.93. The Bertz CT molecular complexity index is 632. The summed E-state index contributed by atoms with van der Waals surface area (Å²) >= 11 is 0. The highest BCUT2D eigenvalue weighted by Gasteiger charge is 2.16. The third kappa shape index (κ3) is 3.48. The van der Waals surface area contributed by atoms with Crippen molar-refractivity contribution in [3.63, 3.8) is 0 Å². The summed E-state index contributed by atoms with van der Waals surface area (Å²) in [5.41, 5.74) is 4.51. The van der Waals surface area contributed by atoms with Crippen molar-refractivity contribution < 1.29 is 14.6 Å². The van der Waals surface area contributed by atoms with Gasteiger partial charge in [0, 0.05) is 13.2 Å². The molecular formula is C17H24N2O3. The number of rotatable bonds is 5. The van der Waals surface area contributed by atoms with Crippen LogP contribution in [-0.4, -0.2) is 46.7 Å². The van der Waals surface area contributed by atoms with Gasteiger partial charge >= 0.3 is 0 Å². The van der Waals surface area contributed by atoms with Gasteiger partial charge in [-0.15, -0.1) is 0 Å². The van der Waals surface area contributed by atoms with Crippen LogP contribution in [0, 0.1) is 13.8 Å². The molecule has 5 nitrogen and oxygen atoms in total. The third-order valence-corrected chi connectivity index (χ3v) is 4.34. The molecule has 1 unspecified atom stereocenters. The molecule has 3 rings (SSSR count). The van der Waals surface area contributed by atoms with E-state index >= 15 is 0 Å². The number of ether oxygens (including phenoxy) is 2. The Morgan fingerprint density at radius 2 is 2.05 bits per heavy atom. The van der Waals surface area contributed by atoms with Crippen LogP contribution in [0.1, 0.15) is 24.0 Å². The molecule has 22 heavy (non-hydrogen) atoms. The number of aryl methyl sites for hydroxylation is 2. The maximum atomic E-state index is 10.2. The van der Waals surface area contributed by atoms with E-state index in [1.54, 1.807) is 6.33 Å². The van der Waals surface area contributed by atoms with Crippen molar-refractivity contribution in [2.24, 2.45) is 0 Å². The Balaban J connectivity index is 1.61. The largest absolute Gasteiger partial charge is 0.389 e.